The van der Waals surface area contributed by atoms with Crippen molar-refractivity contribution in [3.63, 3.8) is 0 Å². The standard InChI is InChI=1S/C5H11N.2ClH/c1-2-4-6-5-3-1;;/h6H,1-5H2;2*1H. The summed E-state index contributed by atoms with van der Waals surface area (Å²) in [5, 5.41) is 3.28. The first-order chi connectivity index (χ1) is 3.00. The molecule has 0 aliphatic carbocycles. The predicted octanol–water partition coefficient (Wildman–Crippen LogP) is 1.60. The van der Waals surface area contributed by atoms with E-state index in [0.29, 0.717) is 0 Å². The topological polar surface area (TPSA) is 12.0 Å². The zero-order valence-corrected chi connectivity index (χ0v) is 6.49. The lowest BCUT2D eigenvalue weighted by Crippen LogP contribution is -2.21. The Bertz CT molecular complexity index is 25.9. The van der Waals surface area contributed by atoms with Crippen LogP contribution in [0.15, 0.2) is 0 Å². The molecule has 0 radical (unpaired) electrons. The number of hydrogen-bond donors (Lipinski definition) is 1. The second-order valence-corrected chi connectivity index (χ2v) is 1.81. The fraction of sp³-hybridized carbons (Fsp3) is 1.00. The SMILES string of the molecule is C1CCNCC1.Cl.Cl. The molecule has 0 aromatic carbocycles. The Balaban J connectivity index is 0. The van der Waals surface area contributed by atoms with Crippen molar-refractivity contribution in [2.24, 2.45) is 0 Å². The van der Waals surface area contributed by atoms with E-state index in [9.17, 15) is 0 Å². The molecule has 1 N–H and O–H groups in total. The third kappa shape index (κ3) is 4.69. The molecule has 52 valence electrons. The zero-order valence-electron chi connectivity index (χ0n) is 4.85. The van der Waals surface area contributed by atoms with Crippen molar-refractivity contribution in [2.75, 3.05) is 13.1 Å². The molecular formula is C5H13Cl2N. The second-order valence-electron chi connectivity index (χ2n) is 1.81. The molecule has 1 heterocycles. The highest BCUT2D eigenvalue weighted by Crippen LogP contribution is 1.96. The molecule has 0 aromatic heterocycles. The molecule has 1 nitrogen and oxygen atoms in total. The average Bonchev–Trinajstić information content (AvgIpc) is 1.72. The smallest absolute Gasteiger partial charge is 0.00489 e. The molecule has 1 aliphatic heterocycles. The minimum Gasteiger partial charge on any atom is -0.317 e. The molecular weight excluding hydrogens is 145 g/mol. The quantitative estimate of drug-likeness (QED) is 0.564. The van der Waals surface area contributed by atoms with Crippen LogP contribution in [0.2, 0.25) is 0 Å². The third-order valence-electron chi connectivity index (χ3n) is 1.21. The lowest BCUT2D eigenvalue weighted by molar-refractivity contribution is 0.520. The molecule has 1 fully saturated rings. The number of hydrogen-bond acceptors (Lipinski definition) is 1. The Hall–Kier alpha value is 0.540. The van der Waals surface area contributed by atoms with Crippen molar-refractivity contribution < 1.29 is 0 Å². The zero-order chi connectivity index (χ0) is 4.24. The Morgan fingerprint density at radius 1 is 0.750 bits per heavy atom. The molecule has 0 bridgehead atoms. The van der Waals surface area contributed by atoms with Gasteiger partial charge in [-0.1, -0.05) is 6.42 Å². The lowest BCUT2D eigenvalue weighted by atomic mass is 10.2. The van der Waals surface area contributed by atoms with Crippen LogP contribution in [0.3, 0.4) is 0 Å². The van der Waals surface area contributed by atoms with Gasteiger partial charge in [0.05, 0.1) is 0 Å². The van der Waals surface area contributed by atoms with Crippen LogP contribution < -0.4 is 5.32 Å². The first-order valence-electron chi connectivity index (χ1n) is 2.71. The summed E-state index contributed by atoms with van der Waals surface area (Å²) in [5.41, 5.74) is 0. The molecule has 3 heteroatoms. The number of rotatable bonds is 0. The van der Waals surface area contributed by atoms with Crippen LogP contribution in [-0.2, 0) is 0 Å². The Kier molecular flexibility index (Phi) is 10.7. The van der Waals surface area contributed by atoms with Crippen LogP contribution >= 0.6 is 24.8 Å². The summed E-state index contributed by atoms with van der Waals surface area (Å²) in [6.45, 7) is 2.50. The van der Waals surface area contributed by atoms with Gasteiger partial charge in [0.2, 0.25) is 0 Å². The maximum Gasteiger partial charge on any atom is -0.00489 e. The van der Waals surface area contributed by atoms with Gasteiger partial charge in [-0.2, -0.15) is 0 Å². The number of piperidine rings is 1. The summed E-state index contributed by atoms with van der Waals surface area (Å²) < 4.78 is 0. The van der Waals surface area contributed by atoms with E-state index in [-0.39, 0.29) is 24.8 Å². The van der Waals surface area contributed by atoms with Crippen molar-refractivity contribution in [1.82, 2.24) is 5.32 Å². The molecule has 0 spiro atoms. The highest BCUT2D eigenvalue weighted by atomic mass is 35.5. The van der Waals surface area contributed by atoms with Gasteiger partial charge in [0.15, 0.2) is 0 Å². The highest BCUT2D eigenvalue weighted by molar-refractivity contribution is 5.85. The van der Waals surface area contributed by atoms with Crippen LogP contribution in [-0.4, -0.2) is 13.1 Å². The number of nitrogens with one attached hydrogen (secondary N) is 1. The Morgan fingerprint density at radius 3 is 1.38 bits per heavy atom. The Morgan fingerprint density at radius 2 is 1.25 bits per heavy atom. The van der Waals surface area contributed by atoms with E-state index in [0.717, 1.165) is 0 Å². The van der Waals surface area contributed by atoms with Gasteiger partial charge < -0.3 is 5.32 Å². The fourth-order valence-corrected chi connectivity index (χ4v) is 0.802. The van der Waals surface area contributed by atoms with Crippen LogP contribution in [0.4, 0.5) is 0 Å². The summed E-state index contributed by atoms with van der Waals surface area (Å²) in [4.78, 5) is 0. The summed E-state index contributed by atoms with van der Waals surface area (Å²) in [6.07, 6.45) is 4.22. The molecule has 1 rings (SSSR count). The normalized spacial score (nSPS) is 18.0. The monoisotopic (exact) mass is 157 g/mol. The van der Waals surface area contributed by atoms with Crippen molar-refractivity contribution in [3.05, 3.63) is 0 Å². The minimum atomic E-state index is 0. The van der Waals surface area contributed by atoms with Gasteiger partial charge in [0.25, 0.3) is 0 Å². The van der Waals surface area contributed by atoms with Crippen molar-refractivity contribution in [1.29, 1.82) is 0 Å². The molecule has 1 saturated heterocycles. The van der Waals surface area contributed by atoms with E-state index in [1.807, 2.05) is 0 Å². The molecule has 0 amide bonds. The van der Waals surface area contributed by atoms with Crippen molar-refractivity contribution in [2.45, 2.75) is 19.3 Å². The molecule has 0 unspecified atom stereocenters. The average molecular weight is 158 g/mol. The minimum absolute atomic E-state index is 0. The Labute approximate surface area is 63.0 Å². The van der Waals surface area contributed by atoms with E-state index in [4.69, 9.17) is 0 Å². The third-order valence-corrected chi connectivity index (χ3v) is 1.21. The van der Waals surface area contributed by atoms with Gasteiger partial charge in [0.1, 0.15) is 0 Å². The highest BCUT2D eigenvalue weighted by Gasteiger charge is 1.93. The van der Waals surface area contributed by atoms with Crippen LogP contribution in [0.5, 0.6) is 0 Å². The molecule has 0 aromatic rings. The van der Waals surface area contributed by atoms with Crippen LogP contribution in [0.25, 0.3) is 0 Å². The van der Waals surface area contributed by atoms with Crippen molar-refractivity contribution in [3.8, 4) is 0 Å². The molecule has 0 atom stereocenters. The molecule has 1 aliphatic rings. The summed E-state index contributed by atoms with van der Waals surface area (Å²) in [5.74, 6) is 0. The lowest BCUT2D eigenvalue weighted by Gasteiger charge is -2.08. The van der Waals surface area contributed by atoms with Gasteiger partial charge >= 0.3 is 0 Å². The van der Waals surface area contributed by atoms with Gasteiger partial charge in [-0.15, -0.1) is 24.8 Å². The van der Waals surface area contributed by atoms with Gasteiger partial charge in [-0.3, -0.25) is 0 Å². The largest absolute Gasteiger partial charge is 0.317 e. The maximum absolute atomic E-state index is 3.28. The maximum atomic E-state index is 3.28. The summed E-state index contributed by atoms with van der Waals surface area (Å²) >= 11 is 0. The van der Waals surface area contributed by atoms with E-state index in [1.54, 1.807) is 0 Å². The molecule has 0 saturated carbocycles. The van der Waals surface area contributed by atoms with Gasteiger partial charge in [-0.05, 0) is 25.9 Å². The van der Waals surface area contributed by atoms with E-state index < -0.39 is 0 Å². The van der Waals surface area contributed by atoms with Crippen molar-refractivity contribution >= 4 is 24.8 Å². The van der Waals surface area contributed by atoms with Gasteiger partial charge in [0, 0.05) is 0 Å². The van der Waals surface area contributed by atoms with Crippen LogP contribution in [0.1, 0.15) is 19.3 Å². The van der Waals surface area contributed by atoms with E-state index >= 15 is 0 Å². The van der Waals surface area contributed by atoms with E-state index in [1.165, 1.54) is 32.4 Å². The first kappa shape index (κ1) is 11.4. The summed E-state index contributed by atoms with van der Waals surface area (Å²) in [7, 11) is 0. The van der Waals surface area contributed by atoms with Gasteiger partial charge in [-0.25, -0.2) is 0 Å². The van der Waals surface area contributed by atoms with E-state index in [2.05, 4.69) is 5.32 Å². The molecule has 8 heavy (non-hydrogen) atoms. The fourth-order valence-electron chi connectivity index (χ4n) is 0.802. The second kappa shape index (κ2) is 7.54. The predicted molar refractivity (Wildman–Crippen MR) is 41.2 cm³/mol. The number of halogens is 2. The summed E-state index contributed by atoms with van der Waals surface area (Å²) in [6, 6.07) is 0. The van der Waals surface area contributed by atoms with Crippen LogP contribution in [0, 0.1) is 0 Å². The first-order valence-corrected chi connectivity index (χ1v) is 2.71.